The number of alkyl halides is 3. The monoisotopic (exact) mass is 371 g/mol. The first-order valence-corrected chi connectivity index (χ1v) is 7.28. The van der Waals surface area contributed by atoms with E-state index in [0.29, 0.717) is 0 Å². The van der Waals surface area contributed by atoms with Crippen LogP contribution in [0, 0.1) is 0 Å². The molecule has 1 N–H and O–H groups in total. The molecule has 0 aliphatic heterocycles. The number of rotatable bonds is 3. The fraction of sp³-hybridized carbons (Fsp3) is 0.125. The van der Waals surface area contributed by atoms with E-state index < -0.39 is 35.1 Å². The van der Waals surface area contributed by atoms with E-state index in [-0.39, 0.29) is 21.8 Å². The van der Waals surface area contributed by atoms with E-state index in [9.17, 15) is 22.8 Å². The summed E-state index contributed by atoms with van der Waals surface area (Å²) in [6, 6.07) is 8.37. The lowest BCUT2D eigenvalue weighted by Gasteiger charge is -2.18. The minimum absolute atomic E-state index is 0.122. The second-order valence-corrected chi connectivity index (χ2v) is 5.55. The van der Waals surface area contributed by atoms with E-state index in [1.807, 2.05) is 0 Å². The summed E-state index contributed by atoms with van der Waals surface area (Å²) in [6.07, 6.45) is -5.06. The third-order valence-electron chi connectivity index (χ3n) is 3.55. The van der Waals surface area contributed by atoms with Gasteiger partial charge in [0.2, 0.25) is 0 Å². The van der Waals surface area contributed by atoms with Gasteiger partial charge >= 0.3 is 12.3 Å². The minimum atomic E-state index is -5.06. The highest BCUT2D eigenvalue weighted by Crippen LogP contribution is 2.37. The number of fused-ring (bicyclic) bond motifs is 2. The molecular formula is C16H9ClF3NO4. The van der Waals surface area contributed by atoms with Gasteiger partial charge < -0.3 is 14.4 Å². The Bertz CT molecular complexity index is 1060. The zero-order chi connectivity index (χ0) is 18.4. The molecule has 3 rings (SSSR count). The van der Waals surface area contributed by atoms with Crippen molar-refractivity contribution in [1.29, 1.82) is 0 Å². The predicted molar refractivity (Wildman–Crippen MR) is 85.0 cm³/mol. The van der Waals surface area contributed by atoms with Gasteiger partial charge in [0.05, 0.1) is 21.4 Å². The largest absolute Gasteiger partial charge is 0.573 e. The molecule has 0 spiro atoms. The molecule has 1 aromatic heterocycles. The number of carbonyl (C=O) groups is 1. The van der Waals surface area contributed by atoms with Crippen LogP contribution in [-0.4, -0.2) is 22.0 Å². The number of carboxylic acids is 1. The van der Waals surface area contributed by atoms with Crippen molar-refractivity contribution < 1.29 is 27.8 Å². The molecule has 130 valence electrons. The van der Waals surface area contributed by atoms with Crippen LogP contribution in [0.3, 0.4) is 0 Å². The van der Waals surface area contributed by atoms with Crippen molar-refractivity contribution >= 4 is 39.4 Å². The topological polar surface area (TPSA) is 68.5 Å². The van der Waals surface area contributed by atoms with E-state index in [1.54, 1.807) is 12.1 Å². The first kappa shape index (κ1) is 17.1. The third kappa shape index (κ3) is 3.12. The fourth-order valence-corrected chi connectivity index (χ4v) is 2.87. The van der Waals surface area contributed by atoms with E-state index in [2.05, 4.69) is 4.74 Å². The smallest absolute Gasteiger partial charge is 0.480 e. The van der Waals surface area contributed by atoms with Gasteiger partial charge in [-0.05, 0) is 24.3 Å². The van der Waals surface area contributed by atoms with Crippen LogP contribution in [0.15, 0.2) is 41.2 Å². The Balaban J connectivity index is 2.54. The molecule has 0 aliphatic carbocycles. The van der Waals surface area contributed by atoms with Gasteiger partial charge in [-0.25, -0.2) is 0 Å². The van der Waals surface area contributed by atoms with Crippen LogP contribution in [0.4, 0.5) is 13.2 Å². The Morgan fingerprint density at radius 2 is 1.84 bits per heavy atom. The van der Waals surface area contributed by atoms with E-state index >= 15 is 0 Å². The van der Waals surface area contributed by atoms with Gasteiger partial charge in [0.15, 0.2) is 11.2 Å². The molecule has 0 unspecified atom stereocenters. The maximum Gasteiger partial charge on any atom is 0.573 e. The first-order chi connectivity index (χ1) is 11.7. The average molecular weight is 372 g/mol. The van der Waals surface area contributed by atoms with Gasteiger partial charge in [-0.15, -0.1) is 13.2 Å². The van der Waals surface area contributed by atoms with Crippen molar-refractivity contribution in [2.24, 2.45) is 0 Å². The summed E-state index contributed by atoms with van der Waals surface area (Å²) in [4.78, 5) is 23.8. The second-order valence-electron chi connectivity index (χ2n) is 5.15. The van der Waals surface area contributed by atoms with Crippen molar-refractivity contribution in [2.45, 2.75) is 12.9 Å². The quantitative estimate of drug-likeness (QED) is 0.711. The number of benzene rings is 2. The molecular weight excluding hydrogens is 363 g/mol. The Morgan fingerprint density at radius 3 is 2.48 bits per heavy atom. The number of halogens is 4. The summed E-state index contributed by atoms with van der Waals surface area (Å²) in [5.41, 5.74) is -0.705. The summed E-state index contributed by atoms with van der Waals surface area (Å²) in [7, 11) is 0. The average Bonchev–Trinajstić information content (AvgIpc) is 2.52. The number of aromatic nitrogens is 1. The molecule has 2 aromatic carbocycles. The molecule has 25 heavy (non-hydrogen) atoms. The van der Waals surface area contributed by atoms with Crippen molar-refractivity contribution in [3.8, 4) is 5.75 Å². The van der Waals surface area contributed by atoms with Gasteiger partial charge in [-0.3, -0.25) is 9.59 Å². The number of aliphatic carboxylic acids is 1. The Labute approximate surface area is 142 Å². The lowest BCUT2D eigenvalue weighted by molar-refractivity contribution is -0.274. The predicted octanol–water partition coefficient (Wildman–Crippen LogP) is 3.79. The molecule has 0 aliphatic rings. The Hall–Kier alpha value is -2.74. The molecule has 3 aromatic rings. The number of ether oxygens (including phenoxy) is 1. The highest BCUT2D eigenvalue weighted by molar-refractivity contribution is 6.33. The lowest BCUT2D eigenvalue weighted by Crippen LogP contribution is -2.21. The maximum atomic E-state index is 12.8. The molecule has 0 atom stereocenters. The maximum absolute atomic E-state index is 12.8. The molecule has 0 saturated carbocycles. The van der Waals surface area contributed by atoms with E-state index in [0.717, 1.165) is 10.6 Å². The number of hydrogen-bond donors (Lipinski definition) is 1. The highest BCUT2D eigenvalue weighted by Gasteiger charge is 2.34. The van der Waals surface area contributed by atoms with Gasteiger partial charge in [0.25, 0.3) is 0 Å². The standard InChI is InChI=1S/C16H9ClF3NO4/c17-10-6-5-9-13(15(10)25-16(18,19)20)21(7-12(22)23)11-4-2-1-3-8(11)14(9)24/h1-6H,7H2,(H,22,23). The zero-order valence-corrected chi connectivity index (χ0v) is 13.1. The van der Waals surface area contributed by atoms with Crippen molar-refractivity contribution in [2.75, 3.05) is 0 Å². The zero-order valence-electron chi connectivity index (χ0n) is 12.3. The minimum Gasteiger partial charge on any atom is -0.480 e. The number of pyridine rings is 1. The number of carboxylic acid groups (broad SMARTS) is 1. The number of nitrogens with zero attached hydrogens (tertiary/aromatic N) is 1. The second kappa shape index (κ2) is 5.96. The number of para-hydroxylation sites is 1. The lowest BCUT2D eigenvalue weighted by atomic mass is 10.1. The van der Waals surface area contributed by atoms with E-state index in [1.165, 1.54) is 18.2 Å². The third-order valence-corrected chi connectivity index (χ3v) is 3.85. The molecule has 9 heteroatoms. The summed E-state index contributed by atoms with van der Waals surface area (Å²) in [6.45, 7) is -0.675. The van der Waals surface area contributed by atoms with Crippen molar-refractivity contribution in [3.05, 3.63) is 51.6 Å². The normalized spacial score (nSPS) is 11.8. The highest BCUT2D eigenvalue weighted by atomic mass is 35.5. The summed E-state index contributed by atoms with van der Waals surface area (Å²) < 4.78 is 43.4. The SMILES string of the molecule is O=C(O)Cn1c2ccccc2c(=O)c2ccc(Cl)c(OC(F)(F)F)c21. The summed E-state index contributed by atoms with van der Waals surface area (Å²) in [5, 5.41) is 8.82. The van der Waals surface area contributed by atoms with Crippen LogP contribution in [0.25, 0.3) is 21.8 Å². The molecule has 0 amide bonds. The van der Waals surface area contributed by atoms with Crippen LogP contribution in [0.1, 0.15) is 0 Å². The molecule has 0 fully saturated rings. The first-order valence-electron chi connectivity index (χ1n) is 6.90. The molecule has 0 saturated heterocycles. The molecule has 0 bridgehead atoms. The fourth-order valence-electron chi connectivity index (χ4n) is 2.68. The van der Waals surface area contributed by atoms with Crippen molar-refractivity contribution in [1.82, 2.24) is 4.57 Å². The van der Waals surface area contributed by atoms with Crippen LogP contribution in [0.2, 0.25) is 5.02 Å². The van der Waals surface area contributed by atoms with Crippen LogP contribution in [0.5, 0.6) is 5.75 Å². The molecule has 1 heterocycles. The number of hydrogen-bond acceptors (Lipinski definition) is 3. The summed E-state index contributed by atoms with van der Waals surface area (Å²) >= 11 is 5.83. The van der Waals surface area contributed by atoms with Gasteiger partial charge in [0.1, 0.15) is 6.54 Å². The Kier molecular flexibility index (Phi) is 4.08. The van der Waals surface area contributed by atoms with Crippen LogP contribution in [-0.2, 0) is 11.3 Å². The Morgan fingerprint density at radius 1 is 1.16 bits per heavy atom. The van der Waals surface area contributed by atoms with Crippen LogP contribution >= 0.6 is 11.6 Å². The van der Waals surface area contributed by atoms with Gasteiger partial charge in [0, 0.05) is 5.39 Å². The van der Waals surface area contributed by atoms with Gasteiger partial charge in [-0.1, -0.05) is 23.7 Å². The van der Waals surface area contributed by atoms with Crippen molar-refractivity contribution in [3.63, 3.8) is 0 Å². The van der Waals surface area contributed by atoms with Gasteiger partial charge in [-0.2, -0.15) is 0 Å². The summed E-state index contributed by atoms with van der Waals surface area (Å²) in [5.74, 6) is -2.11. The molecule has 0 radical (unpaired) electrons. The van der Waals surface area contributed by atoms with Crippen LogP contribution < -0.4 is 10.2 Å². The molecule has 5 nitrogen and oxygen atoms in total. The van der Waals surface area contributed by atoms with E-state index in [4.69, 9.17) is 16.7 Å².